The van der Waals surface area contributed by atoms with Crippen molar-refractivity contribution >= 4 is 66.5 Å². The van der Waals surface area contributed by atoms with Gasteiger partial charge in [-0.25, -0.2) is 14.4 Å². The molecule has 61 heavy (non-hydrogen) atoms. The predicted octanol–water partition coefficient (Wildman–Crippen LogP) is 5.19. The summed E-state index contributed by atoms with van der Waals surface area (Å²) in [5.74, 6) is -4.19. The molecule has 2 fully saturated rings. The van der Waals surface area contributed by atoms with Crippen LogP contribution in [-0.2, 0) is 33.4 Å². The SMILES string of the molecule is CC(=O)C1=C(C)NC(C)=C(C(=O)OCCO)C1c1csc2ccccc12.O=C(O)C1=C(CN2CCOCC2)NC(CN2CCOCC2)=C(C(=O)O)C1c1csc2ccccc12. The number of carboxylic acid groups (broad SMARTS) is 2. The Hall–Kier alpha value is -5.20. The molecule has 8 rings (SSSR count). The number of dihydropyridines is 2. The van der Waals surface area contributed by atoms with Crippen molar-refractivity contribution in [2.45, 2.75) is 32.6 Å². The topological polar surface area (TPSA) is 187 Å². The number of aliphatic carboxylic acids is 2. The first-order valence-corrected chi connectivity index (χ1v) is 21.9. The van der Waals surface area contributed by atoms with Gasteiger partial charge in [0.2, 0.25) is 0 Å². The number of rotatable bonds is 12. The quantitative estimate of drug-likeness (QED) is 0.117. The zero-order valence-electron chi connectivity index (χ0n) is 34.3. The highest BCUT2D eigenvalue weighted by molar-refractivity contribution is 7.17. The summed E-state index contributed by atoms with van der Waals surface area (Å²) in [5, 5.41) is 42.0. The van der Waals surface area contributed by atoms with Gasteiger partial charge in [-0.05, 0) is 65.6 Å². The number of esters is 1. The molecule has 0 spiro atoms. The number of hydrogen-bond donors (Lipinski definition) is 5. The van der Waals surface area contributed by atoms with Crippen LogP contribution in [0.15, 0.2) is 104 Å². The second kappa shape index (κ2) is 19.7. The van der Waals surface area contributed by atoms with Gasteiger partial charge in [0.15, 0.2) is 5.78 Å². The first-order chi connectivity index (χ1) is 29.5. The minimum absolute atomic E-state index is 0.0786. The fourth-order valence-corrected chi connectivity index (χ4v) is 10.5. The summed E-state index contributed by atoms with van der Waals surface area (Å²) in [6.07, 6.45) is 0. The first kappa shape index (κ1) is 43.9. The third-order valence-electron chi connectivity index (χ3n) is 11.3. The van der Waals surface area contributed by atoms with Gasteiger partial charge in [0, 0.05) is 82.9 Å². The summed E-state index contributed by atoms with van der Waals surface area (Å²) in [6.45, 7) is 10.7. The summed E-state index contributed by atoms with van der Waals surface area (Å²) in [7, 11) is 0. The Morgan fingerprint density at radius 2 is 1.13 bits per heavy atom. The molecule has 14 nitrogen and oxygen atoms in total. The van der Waals surface area contributed by atoms with E-state index < -0.39 is 29.7 Å². The molecule has 5 N–H and O–H groups in total. The van der Waals surface area contributed by atoms with E-state index in [1.165, 1.54) is 18.3 Å². The van der Waals surface area contributed by atoms with E-state index in [0.717, 1.165) is 37.0 Å². The van der Waals surface area contributed by atoms with E-state index in [1.807, 2.05) is 66.2 Å². The number of morpholine rings is 2. The van der Waals surface area contributed by atoms with Crippen LogP contribution in [0.1, 0.15) is 43.7 Å². The number of aliphatic hydroxyl groups is 1. The number of Topliss-reactive ketones (excluding diaryl/α,β-unsaturated/α-hetero) is 1. The van der Waals surface area contributed by atoms with Crippen LogP contribution >= 0.6 is 22.7 Å². The number of nitrogens with zero attached hydrogens (tertiary/aromatic N) is 2. The van der Waals surface area contributed by atoms with Crippen molar-refractivity contribution in [1.29, 1.82) is 0 Å². The molecule has 6 heterocycles. The molecule has 4 aromatic rings. The molecule has 1 unspecified atom stereocenters. The zero-order valence-corrected chi connectivity index (χ0v) is 36.0. The third kappa shape index (κ3) is 9.50. The van der Waals surface area contributed by atoms with Crippen molar-refractivity contribution in [2.24, 2.45) is 0 Å². The minimum atomic E-state index is -1.11. The number of ketones is 1. The van der Waals surface area contributed by atoms with Crippen molar-refractivity contribution in [1.82, 2.24) is 20.4 Å². The Labute approximate surface area is 361 Å². The Bertz CT molecular complexity index is 2400. The number of hydrogen-bond acceptors (Lipinski definition) is 14. The molecule has 2 saturated heterocycles. The number of carbonyl (C=O) groups excluding carboxylic acids is 2. The first-order valence-electron chi connectivity index (χ1n) is 20.2. The Morgan fingerprint density at radius 3 is 1.57 bits per heavy atom. The smallest absolute Gasteiger partial charge is 0.336 e. The number of carboxylic acids is 2. The van der Waals surface area contributed by atoms with Crippen LogP contribution in [0.2, 0.25) is 0 Å². The van der Waals surface area contributed by atoms with Gasteiger partial charge in [-0.15, -0.1) is 22.7 Å². The second-order valence-corrected chi connectivity index (χ2v) is 17.0. The lowest BCUT2D eigenvalue weighted by Crippen LogP contribution is -2.45. The number of thiophene rings is 2. The Kier molecular flexibility index (Phi) is 14.1. The average Bonchev–Trinajstić information content (AvgIpc) is 3.88. The molecular formula is C45H50N4O10S2. The molecular weight excluding hydrogens is 821 g/mol. The fraction of sp³-hybridized carbons (Fsp3) is 0.378. The molecule has 16 heteroatoms. The van der Waals surface area contributed by atoms with E-state index in [2.05, 4.69) is 20.4 Å². The summed E-state index contributed by atoms with van der Waals surface area (Å²) >= 11 is 3.09. The lowest BCUT2D eigenvalue weighted by Gasteiger charge is -2.36. The van der Waals surface area contributed by atoms with Crippen LogP contribution in [0.5, 0.6) is 0 Å². The van der Waals surface area contributed by atoms with Crippen molar-refractivity contribution in [3.8, 4) is 0 Å². The maximum Gasteiger partial charge on any atom is 0.336 e. The molecule has 1 atom stereocenters. The largest absolute Gasteiger partial charge is 0.478 e. The molecule has 0 radical (unpaired) electrons. The molecule has 4 aliphatic heterocycles. The van der Waals surface area contributed by atoms with Crippen molar-refractivity contribution in [3.05, 3.63) is 115 Å². The van der Waals surface area contributed by atoms with E-state index in [4.69, 9.17) is 19.3 Å². The van der Waals surface area contributed by atoms with Gasteiger partial charge in [0.25, 0.3) is 0 Å². The maximum absolute atomic E-state index is 12.7. The highest BCUT2D eigenvalue weighted by Gasteiger charge is 2.41. The molecule has 2 aromatic carbocycles. The van der Waals surface area contributed by atoms with Crippen LogP contribution in [0.4, 0.5) is 0 Å². The summed E-state index contributed by atoms with van der Waals surface area (Å²) in [5.41, 5.74) is 5.33. The number of allylic oxidation sites excluding steroid dienone is 3. The Balaban J connectivity index is 0.000000193. The van der Waals surface area contributed by atoms with Crippen LogP contribution in [0.3, 0.4) is 0 Å². The molecule has 0 bridgehead atoms. The number of fused-ring (bicyclic) bond motifs is 2. The van der Waals surface area contributed by atoms with Gasteiger partial charge < -0.3 is 40.2 Å². The van der Waals surface area contributed by atoms with Gasteiger partial charge in [-0.2, -0.15) is 0 Å². The van der Waals surface area contributed by atoms with E-state index in [9.17, 15) is 29.4 Å². The van der Waals surface area contributed by atoms with E-state index in [1.54, 1.807) is 18.3 Å². The number of benzene rings is 2. The normalized spacial score (nSPS) is 19.4. The zero-order chi connectivity index (χ0) is 43.2. The minimum Gasteiger partial charge on any atom is -0.478 e. The standard InChI is InChI=1S/C25H29N3O6S.C20H21NO4S/c29-24(30)22-18(13-27-5-9-33-10-6-27)26-19(14-28-7-11-34-12-8-28)23(25(31)32)21(22)17-15-35-20-4-2-1-3-16(17)20;1-11-17(13(3)23)19(15-10-26-16-7-5-4-6-14(15)16)18(12(2)21-11)20(24)25-9-8-22/h1-4,15,21,26H,5-14H2,(H,29,30)(H,31,32);4-7,10,19,21-22H,8-9H2,1-3H3. The molecule has 0 aliphatic carbocycles. The van der Waals surface area contributed by atoms with Crippen LogP contribution in [0.25, 0.3) is 20.2 Å². The van der Waals surface area contributed by atoms with Gasteiger partial charge in [-0.3, -0.25) is 14.6 Å². The lowest BCUT2D eigenvalue weighted by atomic mass is 9.79. The van der Waals surface area contributed by atoms with Gasteiger partial charge in [0.05, 0.1) is 55.7 Å². The fourth-order valence-electron chi connectivity index (χ4n) is 8.54. The van der Waals surface area contributed by atoms with E-state index in [-0.39, 0.29) is 30.1 Å². The van der Waals surface area contributed by atoms with Gasteiger partial charge in [0.1, 0.15) is 6.61 Å². The molecule has 322 valence electrons. The summed E-state index contributed by atoms with van der Waals surface area (Å²) in [6, 6.07) is 15.7. The molecule has 0 saturated carbocycles. The van der Waals surface area contributed by atoms with Crippen molar-refractivity contribution in [3.63, 3.8) is 0 Å². The van der Waals surface area contributed by atoms with E-state index in [0.29, 0.717) is 93.9 Å². The second-order valence-electron chi connectivity index (χ2n) is 15.2. The number of nitrogens with one attached hydrogen (secondary N) is 2. The Morgan fingerprint density at radius 1 is 0.689 bits per heavy atom. The maximum atomic E-state index is 12.7. The van der Waals surface area contributed by atoms with E-state index >= 15 is 0 Å². The number of ether oxygens (including phenoxy) is 3. The highest BCUT2D eigenvalue weighted by atomic mass is 32.1. The number of carbonyl (C=O) groups is 4. The summed E-state index contributed by atoms with van der Waals surface area (Å²) < 4.78 is 18.2. The highest BCUT2D eigenvalue weighted by Crippen LogP contribution is 2.45. The van der Waals surface area contributed by atoms with Crippen LogP contribution in [-0.4, -0.2) is 128 Å². The molecule has 0 amide bonds. The summed E-state index contributed by atoms with van der Waals surface area (Å²) in [4.78, 5) is 54.9. The third-order valence-corrected chi connectivity index (χ3v) is 13.3. The predicted molar refractivity (Wildman–Crippen MR) is 233 cm³/mol. The van der Waals surface area contributed by atoms with Crippen LogP contribution < -0.4 is 10.6 Å². The lowest BCUT2D eigenvalue weighted by molar-refractivity contribution is -0.140. The number of aliphatic hydroxyl groups excluding tert-OH is 1. The van der Waals surface area contributed by atoms with Gasteiger partial charge in [-0.1, -0.05) is 36.4 Å². The molecule has 2 aromatic heterocycles. The monoisotopic (exact) mass is 870 g/mol. The van der Waals surface area contributed by atoms with Crippen molar-refractivity contribution < 1.29 is 48.7 Å². The van der Waals surface area contributed by atoms with Gasteiger partial charge >= 0.3 is 17.9 Å². The van der Waals surface area contributed by atoms with Crippen molar-refractivity contribution in [2.75, 3.05) is 78.9 Å². The average molecular weight is 871 g/mol. The molecule has 4 aliphatic rings. The van der Waals surface area contributed by atoms with Crippen LogP contribution in [0, 0.1) is 0 Å².